The van der Waals surface area contributed by atoms with E-state index in [1.807, 2.05) is 19.1 Å². The number of rotatable bonds is 1. The first-order chi connectivity index (χ1) is 5.18. The van der Waals surface area contributed by atoms with Gasteiger partial charge in [-0.1, -0.05) is 0 Å². The van der Waals surface area contributed by atoms with E-state index < -0.39 is 0 Å². The Morgan fingerprint density at radius 1 is 1.58 bits per heavy atom. The van der Waals surface area contributed by atoms with Crippen LogP contribution in [0.4, 0.5) is 5.82 Å². The third-order valence-electron chi connectivity index (χ3n) is 1.27. The lowest BCUT2D eigenvalue weighted by atomic mass is 10.3. The molecule has 1 heterocycles. The topological polar surface area (TPSA) is 43.2 Å². The maximum absolute atomic E-state index is 10.6. The minimum atomic E-state index is -0.0631. The molecular formula is C8H12BrN2O+. The van der Waals surface area contributed by atoms with Crippen LogP contribution < -0.4 is 10.3 Å². The third kappa shape index (κ3) is 3.48. The number of H-pyrrole nitrogens is 1. The first kappa shape index (κ1) is 11.1. The third-order valence-corrected chi connectivity index (χ3v) is 1.27. The zero-order chi connectivity index (χ0) is 8.27. The second-order valence-electron chi connectivity index (χ2n) is 2.46. The number of carbonyl (C=O) groups excluding carboxylic acids is 1. The van der Waals surface area contributed by atoms with Gasteiger partial charge < -0.3 is 0 Å². The molecule has 3 nitrogen and oxygen atoms in total. The SMILES string of the molecule is Br.CC(=O)Nc1cc(C)cc[nH+]1. The van der Waals surface area contributed by atoms with Gasteiger partial charge in [-0.15, -0.1) is 17.0 Å². The van der Waals surface area contributed by atoms with Gasteiger partial charge in [0.2, 0.25) is 0 Å². The second kappa shape index (κ2) is 4.87. The number of hydrogen-bond acceptors (Lipinski definition) is 1. The van der Waals surface area contributed by atoms with E-state index in [1.54, 1.807) is 6.20 Å². The molecule has 0 aromatic carbocycles. The van der Waals surface area contributed by atoms with Crippen LogP contribution in [0.3, 0.4) is 0 Å². The summed E-state index contributed by atoms with van der Waals surface area (Å²) in [6.45, 7) is 3.45. The maximum Gasteiger partial charge on any atom is 0.304 e. The fourth-order valence-electron chi connectivity index (χ4n) is 0.842. The number of anilines is 1. The summed E-state index contributed by atoms with van der Waals surface area (Å²) in [6, 6.07) is 3.81. The Balaban J connectivity index is 0.00000121. The number of carbonyl (C=O) groups is 1. The maximum atomic E-state index is 10.6. The van der Waals surface area contributed by atoms with Gasteiger partial charge in [-0.05, 0) is 18.6 Å². The minimum absolute atomic E-state index is 0. The Morgan fingerprint density at radius 3 is 2.75 bits per heavy atom. The highest BCUT2D eigenvalue weighted by Gasteiger charge is 2.02. The van der Waals surface area contributed by atoms with Crippen LogP contribution in [0.2, 0.25) is 0 Å². The average molecular weight is 232 g/mol. The first-order valence-electron chi connectivity index (χ1n) is 3.44. The van der Waals surface area contributed by atoms with Gasteiger partial charge in [0, 0.05) is 13.0 Å². The summed E-state index contributed by atoms with van der Waals surface area (Å²) < 4.78 is 0. The number of aromatic amines is 1. The van der Waals surface area contributed by atoms with Crippen molar-refractivity contribution in [2.75, 3.05) is 5.32 Å². The Morgan fingerprint density at radius 2 is 2.25 bits per heavy atom. The summed E-state index contributed by atoms with van der Waals surface area (Å²) in [5.41, 5.74) is 1.12. The van der Waals surface area contributed by atoms with E-state index in [0.717, 1.165) is 11.4 Å². The summed E-state index contributed by atoms with van der Waals surface area (Å²) in [7, 11) is 0. The normalized spacial score (nSPS) is 8.50. The number of pyridine rings is 1. The molecule has 0 saturated heterocycles. The molecule has 66 valence electrons. The molecule has 0 bridgehead atoms. The Kier molecular flexibility index (Phi) is 4.51. The van der Waals surface area contributed by atoms with E-state index in [0.29, 0.717) is 0 Å². The molecule has 0 aliphatic rings. The van der Waals surface area contributed by atoms with Crippen molar-refractivity contribution in [3.8, 4) is 0 Å². The molecule has 2 N–H and O–H groups in total. The molecule has 0 unspecified atom stereocenters. The van der Waals surface area contributed by atoms with Crippen LogP contribution in [-0.2, 0) is 4.79 Å². The smallest absolute Gasteiger partial charge is 0.247 e. The average Bonchev–Trinajstić information content (AvgIpc) is 1.85. The van der Waals surface area contributed by atoms with Gasteiger partial charge in [0.1, 0.15) is 0 Å². The molecular weight excluding hydrogens is 220 g/mol. The zero-order valence-electron chi connectivity index (χ0n) is 7.05. The van der Waals surface area contributed by atoms with Crippen LogP contribution in [-0.4, -0.2) is 5.91 Å². The van der Waals surface area contributed by atoms with Gasteiger partial charge in [0.15, 0.2) is 0 Å². The summed E-state index contributed by atoms with van der Waals surface area (Å²) >= 11 is 0. The molecule has 1 amide bonds. The van der Waals surface area contributed by atoms with Crippen molar-refractivity contribution in [1.29, 1.82) is 0 Å². The molecule has 0 fully saturated rings. The highest BCUT2D eigenvalue weighted by molar-refractivity contribution is 8.93. The lowest BCUT2D eigenvalue weighted by Crippen LogP contribution is -2.16. The minimum Gasteiger partial charge on any atom is -0.247 e. The van der Waals surface area contributed by atoms with Crippen molar-refractivity contribution >= 4 is 28.7 Å². The van der Waals surface area contributed by atoms with E-state index in [4.69, 9.17) is 0 Å². The van der Waals surface area contributed by atoms with Crippen LogP contribution in [0.15, 0.2) is 18.3 Å². The van der Waals surface area contributed by atoms with Crippen molar-refractivity contribution in [3.05, 3.63) is 23.9 Å². The second-order valence-corrected chi connectivity index (χ2v) is 2.46. The number of hydrogen-bond donors (Lipinski definition) is 1. The zero-order valence-corrected chi connectivity index (χ0v) is 8.76. The van der Waals surface area contributed by atoms with Crippen LogP contribution in [0.5, 0.6) is 0 Å². The lowest BCUT2D eigenvalue weighted by Gasteiger charge is -1.92. The number of aromatic nitrogens is 1. The molecule has 1 aromatic rings. The molecule has 0 radical (unpaired) electrons. The molecule has 1 aromatic heterocycles. The van der Waals surface area contributed by atoms with E-state index >= 15 is 0 Å². The van der Waals surface area contributed by atoms with Gasteiger partial charge in [-0.25, -0.2) is 15.1 Å². The number of nitrogens with one attached hydrogen (secondary N) is 2. The van der Waals surface area contributed by atoms with Crippen LogP contribution in [0.1, 0.15) is 12.5 Å². The quantitative estimate of drug-likeness (QED) is 0.780. The largest absolute Gasteiger partial charge is 0.304 e. The highest BCUT2D eigenvalue weighted by atomic mass is 79.9. The van der Waals surface area contributed by atoms with E-state index in [-0.39, 0.29) is 22.9 Å². The molecule has 4 heteroatoms. The van der Waals surface area contributed by atoms with Crippen LogP contribution >= 0.6 is 17.0 Å². The first-order valence-corrected chi connectivity index (χ1v) is 3.44. The molecule has 0 aliphatic heterocycles. The number of amides is 1. The number of halogens is 1. The molecule has 1 rings (SSSR count). The summed E-state index contributed by atoms with van der Waals surface area (Å²) in [4.78, 5) is 13.5. The summed E-state index contributed by atoms with van der Waals surface area (Å²) in [5, 5.41) is 2.65. The van der Waals surface area contributed by atoms with Gasteiger partial charge >= 0.3 is 5.91 Å². The Labute approximate surface area is 82.0 Å². The van der Waals surface area contributed by atoms with Crippen molar-refractivity contribution in [2.24, 2.45) is 0 Å². The molecule has 0 aliphatic carbocycles. The van der Waals surface area contributed by atoms with E-state index in [1.165, 1.54) is 6.92 Å². The van der Waals surface area contributed by atoms with Crippen LogP contribution in [0, 0.1) is 6.92 Å². The van der Waals surface area contributed by atoms with Crippen molar-refractivity contribution in [3.63, 3.8) is 0 Å². The van der Waals surface area contributed by atoms with Gasteiger partial charge in [0.25, 0.3) is 5.82 Å². The Bertz CT molecular complexity index is 276. The number of aryl methyl sites for hydroxylation is 1. The van der Waals surface area contributed by atoms with Gasteiger partial charge in [-0.3, -0.25) is 0 Å². The van der Waals surface area contributed by atoms with Gasteiger partial charge in [-0.2, -0.15) is 0 Å². The van der Waals surface area contributed by atoms with Crippen LogP contribution in [0.25, 0.3) is 0 Å². The van der Waals surface area contributed by atoms with E-state index in [2.05, 4.69) is 10.3 Å². The van der Waals surface area contributed by atoms with Crippen molar-refractivity contribution in [2.45, 2.75) is 13.8 Å². The Hall–Kier alpha value is -0.900. The fraction of sp³-hybridized carbons (Fsp3) is 0.250. The van der Waals surface area contributed by atoms with Crippen molar-refractivity contribution in [1.82, 2.24) is 0 Å². The highest BCUT2D eigenvalue weighted by Crippen LogP contribution is 1.99. The monoisotopic (exact) mass is 231 g/mol. The predicted octanol–water partition coefficient (Wildman–Crippen LogP) is 1.35. The molecule has 0 saturated carbocycles. The molecule has 0 spiro atoms. The van der Waals surface area contributed by atoms with Crippen molar-refractivity contribution < 1.29 is 9.78 Å². The van der Waals surface area contributed by atoms with E-state index in [9.17, 15) is 4.79 Å². The summed E-state index contributed by atoms with van der Waals surface area (Å²) in [6.07, 6.45) is 1.79. The lowest BCUT2D eigenvalue weighted by molar-refractivity contribution is -0.360. The molecule has 0 atom stereocenters. The van der Waals surface area contributed by atoms with Gasteiger partial charge in [0.05, 0.1) is 6.20 Å². The summed E-state index contributed by atoms with van der Waals surface area (Å²) in [5.74, 6) is 0.671. The molecule has 12 heavy (non-hydrogen) atoms. The standard InChI is InChI=1S/C8H10N2O.BrH/c1-6-3-4-9-8(5-6)10-7(2)11;/h3-5H,1-2H3,(H,9,10,11);1H/p+1. The fourth-order valence-corrected chi connectivity index (χ4v) is 0.842. The predicted molar refractivity (Wildman–Crippen MR) is 52.4 cm³/mol.